The lowest BCUT2D eigenvalue weighted by Gasteiger charge is -1.94. The molecule has 1 atom stereocenters. The first-order chi connectivity index (χ1) is 9.36. The van der Waals surface area contributed by atoms with Gasteiger partial charge in [-0.15, -0.1) is 20.4 Å². The molecule has 2 aromatic rings. The molecule has 108 valence electrons. The average Bonchev–Trinajstić information content (AvgIpc) is 2.96. The van der Waals surface area contributed by atoms with E-state index in [4.69, 9.17) is 5.14 Å². The largest absolute Gasteiger partial charge is 0.767 e. The van der Waals surface area contributed by atoms with Crippen molar-refractivity contribution in [3.8, 4) is 0 Å². The minimum absolute atomic E-state index is 0.0568. The molecule has 0 radical (unpaired) electrons. The van der Waals surface area contributed by atoms with Gasteiger partial charge in [-0.25, -0.2) is 19.0 Å². The number of nitrogens with one attached hydrogen (secondary N) is 1. The first kappa shape index (κ1) is 14.9. The third-order valence-electron chi connectivity index (χ3n) is 1.47. The van der Waals surface area contributed by atoms with E-state index >= 15 is 0 Å². The lowest BCUT2D eigenvalue weighted by Crippen LogP contribution is -2.11. The molecule has 0 spiro atoms. The standard InChI is InChI=1S/C4H4N8O4S4/c5-20(15,16)4-11-7-2(18-4)9-12-8-1-6-10-3(17-1)19(13)14/h(H,13,14)(H2,5,15,16)(H,6,7,8,9)/p-1. The Morgan fingerprint density at radius 3 is 2.55 bits per heavy atom. The predicted molar refractivity (Wildman–Crippen MR) is 66.5 cm³/mol. The number of rotatable bonds is 5. The van der Waals surface area contributed by atoms with Crippen LogP contribution in [0.25, 0.3) is 0 Å². The van der Waals surface area contributed by atoms with E-state index < -0.39 is 25.4 Å². The van der Waals surface area contributed by atoms with Crippen molar-refractivity contribution in [2.45, 2.75) is 8.68 Å². The van der Waals surface area contributed by atoms with Gasteiger partial charge in [0.1, 0.15) is 0 Å². The monoisotopic (exact) mass is 355 g/mol. The predicted octanol–water partition coefficient (Wildman–Crippen LogP) is -0.614. The van der Waals surface area contributed by atoms with Crippen LogP contribution >= 0.6 is 22.7 Å². The molecule has 0 aliphatic carbocycles. The minimum Gasteiger partial charge on any atom is -0.767 e. The van der Waals surface area contributed by atoms with E-state index in [-0.39, 0.29) is 14.6 Å². The molecule has 0 bridgehead atoms. The fraction of sp³-hybridized carbons (Fsp3) is 0. The van der Waals surface area contributed by atoms with Gasteiger partial charge in [-0.2, -0.15) is 0 Å². The zero-order valence-corrected chi connectivity index (χ0v) is 12.3. The molecule has 2 aromatic heterocycles. The molecule has 2 rings (SSSR count). The van der Waals surface area contributed by atoms with Crippen LogP contribution in [0, 0.1) is 0 Å². The van der Waals surface area contributed by atoms with Gasteiger partial charge in [-0.3, -0.25) is 4.21 Å². The Hall–Kier alpha value is -1.46. The maximum atomic E-state index is 10.9. The van der Waals surface area contributed by atoms with Crippen LogP contribution in [0.1, 0.15) is 0 Å². The van der Waals surface area contributed by atoms with Crippen LogP contribution in [0.3, 0.4) is 0 Å². The first-order valence-corrected chi connectivity index (χ1v) is 8.57. The Bertz CT molecular complexity index is 763. The summed E-state index contributed by atoms with van der Waals surface area (Å²) in [5.41, 5.74) is 2.30. The number of sulfonamides is 1. The summed E-state index contributed by atoms with van der Waals surface area (Å²) in [4.78, 5) is 0. The number of aromatic nitrogens is 4. The summed E-state index contributed by atoms with van der Waals surface area (Å²) >= 11 is -1.12. The van der Waals surface area contributed by atoms with Crippen molar-refractivity contribution >= 4 is 54.0 Å². The van der Waals surface area contributed by atoms with Crippen molar-refractivity contribution in [3.63, 3.8) is 0 Å². The molecule has 0 fully saturated rings. The molecule has 0 saturated heterocycles. The van der Waals surface area contributed by atoms with E-state index in [1.807, 2.05) is 0 Å². The summed E-state index contributed by atoms with van der Waals surface area (Å²) in [6.07, 6.45) is 0. The van der Waals surface area contributed by atoms with Crippen LogP contribution in [-0.2, 0) is 21.1 Å². The van der Waals surface area contributed by atoms with E-state index in [0.717, 1.165) is 11.3 Å². The van der Waals surface area contributed by atoms with Gasteiger partial charge < -0.3 is 4.55 Å². The quantitative estimate of drug-likeness (QED) is 0.400. The van der Waals surface area contributed by atoms with Crippen molar-refractivity contribution in [2.75, 3.05) is 5.43 Å². The second-order valence-corrected chi connectivity index (χ2v) is 7.60. The highest BCUT2D eigenvalue weighted by molar-refractivity contribution is 7.91. The number of hydrogen-bond acceptors (Lipinski definition) is 12. The Morgan fingerprint density at radius 1 is 1.25 bits per heavy atom. The maximum Gasteiger partial charge on any atom is 0.267 e. The zero-order valence-electron chi connectivity index (χ0n) is 9.03. The van der Waals surface area contributed by atoms with Gasteiger partial charge in [0, 0.05) is 11.1 Å². The normalized spacial score (nSPS) is 13.7. The van der Waals surface area contributed by atoms with Crippen molar-refractivity contribution in [2.24, 2.45) is 15.5 Å². The summed E-state index contributed by atoms with van der Waals surface area (Å²) in [6, 6.07) is 0. The molecule has 16 heteroatoms. The van der Waals surface area contributed by atoms with Gasteiger partial charge in [0.15, 0.2) is 4.34 Å². The third kappa shape index (κ3) is 3.77. The molecule has 1 unspecified atom stereocenters. The van der Waals surface area contributed by atoms with Crippen LogP contribution < -0.4 is 10.6 Å². The molecule has 0 aliphatic heterocycles. The SMILES string of the molecule is NS(=O)(=O)c1nnc(N=NNc2nnc(S(=O)[O-])s2)s1. The number of nitrogens with two attached hydrogens (primary N) is 1. The van der Waals surface area contributed by atoms with Crippen LogP contribution in [-0.4, -0.2) is 37.6 Å². The smallest absolute Gasteiger partial charge is 0.267 e. The summed E-state index contributed by atoms with van der Waals surface area (Å²) in [5.74, 6) is 0. The Kier molecular flexibility index (Phi) is 4.40. The zero-order chi connectivity index (χ0) is 14.8. The van der Waals surface area contributed by atoms with E-state index in [9.17, 15) is 17.2 Å². The highest BCUT2D eigenvalue weighted by atomic mass is 32.2. The van der Waals surface area contributed by atoms with Crippen molar-refractivity contribution in [1.29, 1.82) is 0 Å². The summed E-state index contributed by atoms with van der Waals surface area (Å²) < 4.78 is 42.3. The lowest BCUT2D eigenvalue weighted by molar-refractivity contribution is 0.535. The van der Waals surface area contributed by atoms with Crippen molar-refractivity contribution < 1.29 is 17.2 Å². The minimum atomic E-state index is -3.93. The first-order valence-electron chi connectivity index (χ1n) is 4.32. The lowest BCUT2D eigenvalue weighted by atomic mass is 11.3. The summed E-state index contributed by atoms with van der Waals surface area (Å²) in [5, 5.41) is 25.4. The molecular weight excluding hydrogens is 352 g/mol. The van der Waals surface area contributed by atoms with Crippen LogP contribution in [0.15, 0.2) is 19.0 Å². The molecule has 3 N–H and O–H groups in total. The van der Waals surface area contributed by atoms with E-state index in [0.29, 0.717) is 11.3 Å². The summed E-state index contributed by atoms with van der Waals surface area (Å²) in [7, 11) is -3.93. The van der Waals surface area contributed by atoms with Crippen molar-refractivity contribution in [3.05, 3.63) is 0 Å². The van der Waals surface area contributed by atoms with E-state index in [1.54, 1.807) is 0 Å². The fourth-order valence-electron chi connectivity index (χ4n) is 0.791. The third-order valence-corrected chi connectivity index (χ3v) is 5.23. The van der Waals surface area contributed by atoms with Gasteiger partial charge in [0.05, 0.1) is 0 Å². The Labute approximate surface area is 121 Å². The second-order valence-electron chi connectivity index (χ2n) is 2.82. The average molecular weight is 355 g/mol. The molecule has 12 nitrogen and oxygen atoms in total. The number of hydrogen-bond donors (Lipinski definition) is 2. The molecule has 20 heavy (non-hydrogen) atoms. The van der Waals surface area contributed by atoms with E-state index in [2.05, 4.69) is 36.2 Å². The molecule has 0 amide bonds. The topological polar surface area (TPSA) is 189 Å². The van der Waals surface area contributed by atoms with Crippen LogP contribution in [0.4, 0.5) is 10.3 Å². The molecule has 0 aromatic carbocycles. The molecule has 2 heterocycles. The highest BCUT2D eigenvalue weighted by Crippen LogP contribution is 2.22. The van der Waals surface area contributed by atoms with Gasteiger partial charge in [0.25, 0.3) is 15.2 Å². The van der Waals surface area contributed by atoms with Crippen LogP contribution in [0.5, 0.6) is 0 Å². The van der Waals surface area contributed by atoms with Crippen LogP contribution in [0.2, 0.25) is 0 Å². The van der Waals surface area contributed by atoms with Gasteiger partial charge >= 0.3 is 0 Å². The van der Waals surface area contributed by atoms with E-state index in [1.165, 1.54) is 0 Å². The van der Waals surface area contributed by atoms with Crippen molar-refractivity contribution in [1.82, 2.24) is 20.4 Å². The Morgan fingerprint density at radius 2 is 2.00 bits per heavy atom. The van der Waals surface area contributed by atoms with Gasteiger partial charge in [-0.1, -0.05) is 33.0 Å². The highest BCUT2D eigenvalue weighted by Gasteiger charge is 2.14. The second kappa shape index (κ2) is 5.89. The fourth-order valence-corrected chi connectivity index (χ4v) is 3.07. The number of primary sulfonamides is 1. The number of nitrogens with zero attached hydrogens (tertiary/aromatic N) is 6. The Balaban J connectivity index is 2.03. The van der Waals surface area contributed by atoms with Gasteiger partial charge in [-0.05, 0) is 0 Å². The molecular formula is C4H3N8O4S4-. The molecule has 0 saturated carbocycles. The molecule has 0 aliphatic rings. The summed E-state index contributed by atoms with van der Waals surface area (Å²) in [6.45, 7) is 0. The van der Waals surface area contributed by atoms with Gasteiger partial charge in [0.2, 0.25) is 9.47 Å². The number of anilines is 1. The maximum absolute atomic E-state index is 10.9.